The van der Waals surface area contributed by atoms with Gasteiger partial charge < -0.3 is 24.1 Å². The average molecular weight is 398 g/mol. The highest BCUT2D eigenvalue weighted by atomic mass is 16.5. The zero-order valence-electron chi connectivity index (χ0n) is 16.3. The first-order valence-electron chi connectivity index (χ1n) is 10.2. The third kappa shape index (κ3) is 4.98. The van der Waals surface area contributed by atoms with Crippen LogP contribution in [-0.4, -0.2) is 49.1 Å². The van der Waals surface area contributed by atoms with Crippen LogP contribution in [-0.2, 0) is 9.53 Å². The highest BCUT2D eigenvalue weighted by Gasteiger charge is 2.28. The number of amides is 2. The molecule has 2 amide bonds. The monoisotopic (exact) mass is 398 g/mol. The average Bonchev–Trinajstić information content (AvgIpc) is 3.46. The minimum atomic E-state index is -0.111. The van der Waals surface area contributed by atoms with Gasteiger partial charge in [0.2, 0.25) is 5.91 Å². The Hall–Kier alpha value is -2.80. The molecule has 154 valence electrons. The number of anilines is 1. The molecular weight excluding hydrogens is 372 g/mol. The van der Waals surface area contributed by atoms with E-state index >= 15 is 0 Å². The van der Waals surface area contributed by atoms with Crippen molar-refractivity contribution < 1.29 is 23.5 Å². The topological polar surface area (TPSA) is 81.0 Å². The van der Waals surface area contributed by atoms with E-state index in [2.05, 4.69) is 5.32 Å². The molecular formula is C22H26N2O5. The number of furan rings is 1. The summed E-state index contributed by atoms with van der Waals surface area (Å²) in [5, 5.41) is 2.98. The van der Waals surface area contributed by atoms with Crippen molar-refractivity contribution in [1.29, 1.82) is 0 Å². The van der Waals surface area contributed by atoms with Crippen LogP contribution in [0.15, 0.2) is 47.3 Å². The summed E-state index contributed by atoms with van der Waals surface area (Å²) in [6.07, 6.45) is 6.49. The third-order valence-electron chi connectivity index (χ3n) is 5.48. The molecule has 7 nitrogen and oxygen atoms in total. The van der Waals surface area contributed by atoms with E-state index in [-0.39, 0.29) is 23.8 Å². The number of carbonyl (C=O) groups is 2. The predicted molar refractivity (Wildman–Crippen MR) is 107 cm³/mol. The van der Waals surface area contributed by atoms with E-state index in [4.69, 9.17) is 13.9 Å². The Bertz CT molecular complexity index is 821. The van der Waals surface area contributed by atoms with Crippen LogP contribution in [0.1, 0.15) is 36.0 Å². The Morgan fingerprint density at radius 2 is 2.03 bits per heavy atom. The molecule has 2 aliphatic rings. The molecule has 1 aromatic heterocycles. The van der Waals surface area contributed by atoms with Crippen LogP contribution in [0.2, 0.25) is 0 Å². The molecule has 1 N–H and O–H groups in total. The molecule has 0 radical (unpaired) electrons. The van der Waals surface area contributed by atoms with Crippen molar-refractivity contribution in [1.82, 2.24) is 4.90 Å². The number of rotatable bonds is 6. The molecule has 1 atom stereocenters. The van der Waals surface area contributed by atoms with Gasteiger partial charge in [-0.2, -0.15) is 0 Å². The normalized spacial score (nSPS) is 19.9. The lowest BCUT2D eigenvalue weighted by Crippen LogP contribution is -2.41. The molecule has 2 aliphatic heterocycles. The van der Waals surface area contributed by atoms with Crippen LogP contribution < -0.4 is 10.1 Å². The Balaban J connectivity index is 1.26. The van der Waals surface area contributed by atoms with Crippen molar-refractivity contribution in [2.45, 2.75) is 31.8 Å². The van der Waals surface area contributed by atoms with Gasteiger partial charge in [-0.15, -0.1) is 0 Å². The molecule has 2 saturated heterocycles. The second kappa shape index (κ2) is 9.13. The minimum Gasteiger partial charge on any atom is -0.491 e. The van der Waals surface area contributed by atoms with E-state index in [1.54, 1.807) is 11.0 Å². The maximum Gasteiger partial charge on any atom is 0.257 e. The van der Waals surface area contributed by atoms with Gasteiger partial charge in [0.05, 0.1) is 17.9 Å². The van der Waals surface area contributed by atoms with Crippen molar-refractivity contribution in [3.8, 4) is 5.75 Å². The fourth-order valence-corrected chi connectivity index (χ4v) is 3.79. The largest absolute Gasteiger partial charge is 0.491 e. The van der Waals surface area contributed by atoms with Gasteiger partial charge in [-0.05, 0) is 43.9 Å². The smallest absolute Gasteiger partial charge is 0.257 e. The van der Waals surface area contributed by atoms with Crippen LogP contribution >= 0.6 is 0 Å². The standard InChI is InChI=1S/C22H26N2O5/c25-21(16-6-9-24(10-7-16)22(26)17-8-12-27-14-17)23-18-3-1-4-19(13-18)29-15-20-5-2-11-28-20/h1,3-4,8,12-14,16,20H,2,5-7,9-11,15H2,(H,23,25). The number of likely N-dealkylation sites (tertiary alicyclic amines) is 1. The molecule has 2 fully saturated rings. The number of hydrogen-bond donors (Lipinski definition) is 1. The Morgan fingerprint density at radius 1 is 1.17 bits per heavy atom. The number of nitrogens with zero attached hydrogens (tertiary/aromatic N) is 1. The van der Waals surface area contributed by atoms with E-state index in [0.29, 0.717) is 38.1 Å². The molecule has 0 aliphatic carbocycles. The number of benzene rings is 1. The molecule has 3 heterocycles. The first kappa shape index (κ1) is 19.5. The summed E-state index contributed by atoms with van der Waals surface area (Å²) in [6.45, 7) is 2.45. The van der Waals surface area contributed by atoms with Gasteiger partial charge in [0.1, 0.15) is 18.6 Å². The molecule has 7 heteroatoms. The highest BCUT2D eigenvalue weighted by Crippen LogP contribution is 2.23. The Morgan fingerprint density at radius 3 is 2.76 bits per heavy atom. The number of piperidine rings is 1. The van der Waals surface area contributed by atoms with E-state index in [1.165, 1.54) is 12.5 Å². The maximum absolute atomic E-state index is 12.7. The summed E-state index contributed by atoms with van der Waals surface area (Å²) in [7, 11) is 0. The summed E-state index contributed by atoms with van der Waals surface area (Å²) in [5.74, 6) is 0.545. The quantitative estimate of drug-likeness (QED) is 0.807. The minimum absolute atomic E-state index is 0.0170. The molecule has 0 bridgehead atoms. The summed E-state index contributed by atoms with van der Waals surface area (Å²) < 4.78 is 16.4. The summed E-state index contributed by atoms with van der Waals surface area (Å²) in [5.41, 5.74) is 1.27. The summed E-state index contributed by atoms with van der Waals surface area (Å²) in [6, 6.07) is 9.10. The second-order valence-corrected chi connectivity index (χ2v) is 7.54. The van der Waals surface area contributed by atoms with Gasteiger partial charge in [0.15, 0.2) is 0 Å². The van der Waals surface area contributed by atoms with Gasteiger partial charge in [-0.1, -0.05) is 6.07 Å². The SMILES string of the molecule is O=C(Nc1cccc(OCC2CCCO2)c1)C1CCN(C(=O)c2ccoc2)CC1. The van der Waals surface area contributed by atoms with E-state index < -0.39 is 0 Å². The molecule has 1 aromatic carbocycles. The van der Waals surface area contributed by atoms with Crippen LogP contribution in [0.25, 0.3) is 0 Å². The lowest BCUT2D eigenvalue weighted by Gasteiger charge is -2.31. The van der Waals surface area contributed by atoms with Crippen LogP contribution in [0.5, 0.6) is 5.75 Å². The molecule has 2 aromatic rings. The molecule has 4 rings (SSSR count). The predicted octanol–water partition coefficient (Wildman–Crippen LogP) is 3.33. The number of hydrogen-bond acceptors (Lipinski definition) is 5. The fraction of sp³-hybridized carbons (Fsp3) is 0.455. The van der Waals surface area contributed by atoms with Crippen molar-refractivity contribution >= 4 is 17.5 Å². The van der Waals surface area contributed by atoms with Crippen molar-refractivity contribution in [2.24, 2.45) is 5.92 Å². The van der Waals surface area contributed by atoms with Gasteiger partial charge in [0, 0.05) is 37.4 Å². The molecule has 1 unspecified atom stereocenters. The van der Waals surface area contributed by atoms with E-state index in [1.807, 2.05) is 24.3 Å². The molecule has 29 heavy (non-hydrogen) atoms. The number of nitrogens with one attached hydrogen (secondary N) is 1. The van der Waals surface area contributed by atoms with Crippen LogP contribution in [0, 0.1) is 5.92 Å². The zero-order chi connectivity index (χ0) is 20.1. The first-order chi connectivity index (χ1) is 14.2. The van der Waals surface area contributed by atoms with Crippen molar-refractivity contribution in [3.05, 3.63) is 48.4 Å². The van der Waals surface area contributed by atoms with Gasteiger partial charge >= 0.3 is 0 Å². The fourth-order valence-electron chi connectivity index (χ4n) is 3.79. The van der Waals surface area contributed by atoms with Gasteiger partial charge in [-0.25, -0.2) is 0 Å². The summed E-state index contributed by atoms with van der Waals surface area (Å²) in [4.78, 5) is 26.8. The maximum atomic E-state index is 12.7. The molecule has 0 spiro atoms. The Labute approximate surface area is 170 Å². The van der Waals surface area contributed by atoms with Crippen LogP contribution in [0.3, 0.4) is 0 Å². The van der Waals surface area contributed by atoms with Crippen molar-refractivity contribution in [3.63, 3.8) is 0 Å². The Kier molecular flexibility index (Phi) is 6.14. The summed E-state index contributed by atoms with van der Waals surface area (Å²) >= 11 is 0. The van der Waals surface area contributed by atoms with Crippen LogP contribution in [0.4, 0.5) is 5.69 Å². The van der Waals surface area contributed by atoms with Gasteiger partial charge in [0.25, 0.3) is 5.91 Å². The van der Waals surface area contributed by atoms with E-state index in [0.717, 1.165) is 30.9 Å². The highest BCUT2D eigenvalue weighted by molar-refractivity contribution is 5.95. The lowest BCUT2D eigenvalue weighted by atomic mass is 9.95. The van der Waals surface area contributed by atoms with Crippen molar-refractivity contribution in [2.75, 3.05) is 31.6 Å². The lowest BCUT2D eigenvalue weighted by molar-refractivity contribution is -0.121. The first-order valence-corrected chi connectivity index (χ1v) is 10.2. The van der Waals surface area contributed by atoms with Gasteiger partial charge in [-0.3, -0.25) is 9.59 Å². The number of carbonyl (C=O) groups excluding carboxylic acids is 2. The molecule has 0 saturated carbocycles. The van der Waals surface area contributed by atoms with E-state index in [9.17, 15) is 9.59 Å². The second-order valence-electron chi connectivity index (χ2n) is 7.54. The number of ether oxygens (including phenoxy) is 2. The zero-order valence-corrected chi connectivity index (χ0v) is 16.3. The third-order valence-corrected chi connectivity index (χ3v) is 5.48.